The Bertz CT molecular complexity index is 1020. The summed E-state index contributed by atoms with van der Waals surface area (Å²) < 4.78 is 12.4. The van der Waals surface area contributed by atoms with Crippen LogP contribution in [0.1, 0.15) is 51.6 Å². The molecule has 32 heavy (non-hydrogen) atoms. The molecule has 0 radical (unpaired) electrons. The quantitative estimate of drug-likeness (QED) is 0.505. The first kappa shape index (κ1) is 23.6. The van der Waals surface area contributed by atoms with Crippen molar-refractivity contribution in [2.24, 2.45) is 0 Å². The van der Waals surface area contributed by atoms with E-state index in [4.69, 9.17) is 9.47 Å². The van der Waals surface area contributed by atoms with Gasteiger partial charge in [0.2, 0.25) is 5.91 Å². The third kappa shape index (κ3) is 4.72. The standard InChI is InChI=1S/C21H27N5O6/c1-3-5-6-17(28)25-20-13-7-8-16(26(13)24-12-23-20)21(11-22)9-14(27)19(30)15(32-21)10-31-18(29)4-2/h7-8,12,14-15,19,27,30H,3-6,9-10H2,1-2H3,(H,23,24,25,28)/t14-,15+,19-,21-/m0/s1. The van der Waals surface area contributed by atoms with Gasteiger partial charge in [-0.2, -0.15) is 10.4 Å². The van der Waals surface area contributed by atoms with Crippen molar-refractivity contribution in [3.05, 3.63) is 24.2 Å². The molecule has 11 nitrogen and oxygen atoms in total. The first-order valence-corrected chi connectivity index (χ1v) is 10.6. The van der Waals surface area contributed by atoms with Crippen molar-refractivity contribution in [1.82, 2.24) is 14.6 Å². The summed E-state index contributed by atoms with van der Waals surface area (Å²) in [6.07, 6.45) is -0.612. The van der Waals surface area contributed by atoms with Crippen LogP contribution in [0.5, 0.6) is 0 Å². The normalized spacial score (nSPS) is 25.3. The molecule has 4 atom stereocenters. The van der Waals surface area contributed by atoms with Crippen LogP contribution in [0.4, 0.5) is 5.82 Å². The number of amides is 1. The molecular weight excluding hydrogens is 418 g/mol. The number of rotatable bonds is 8. The highest BCUT2D eigenvalue weighted by Crippen LogP contribution is 2.39. The first-order valence-electron chi connectivity index (χ1n) is 10.6. The van der Waals surface area contributed by atoms with E-state index in [0.717, 1.165) is 12.8 Å². The maximum absolute atomic E-state index is 12.2. The molecule has 1 aliphatic rings. The molecule has 0 aromatic carbocycles. The molecule has 1 fully saturated rings. The maximum atomic E-state index is 12.2. The van der Waals surface area contributed by atoms with Crippen LogP contribution in [-0.4, -0.2) is 61.6 Å². The molecule has 1 amide bonds. The molecule has 0 bridgehead atoms. The van der Waals surface area contributed by atoms with Gasteiger partial charge in [0.05, 0.1) is 11.8 Å². The van der Waals surface area contributed by atoms with Crippen LogP contribution in [0, 0.1) is 11.3 Å². The van der Waals surface area contributed by atoms with Crippen molar-refractivity contribution in [2.75, 3.05) is 11.9 Å². The van der Waals surface area contributed by atoms with Crippen LogP contribution < -0.4 is 5.32 Å². The average molecular weight is 445 g/mol. The lowest BCUT2D eigenvalue weighted by molar-refractivity contribution is -0.215. The van der Waals surface area contributed by atoms with Gasteiger partial charge in [-0.05, 0) is 18.6 Å². The van der Waals surface area contributed by atoms with Gasteiger partial charge in [-0.3, -0.25) is 9.59 Å². The van der Waals surface area contributed by atoms with Gasteiger partial charge in [0.15, 0.2) is 11.4 Å². The SMILES string of the molecule is CCCCC(=O)Nc1ncnn2c([C@@]3(C#N)C[C@H](O)[C@H](O)[C@@H](COC(=O)CC)O3)ccc12. The van der Waals surface area contributed by atoms with Crippen LogP contribution >= 0.6 is 0 Å². The fraction of sp³-hybridized carbons (Fsp3) is 0.571. The lowest BCUT2D eigenvalue weighted by Gasteiger charge is -2.41. The summed E-state index contributed by atoms with van der Waals surface area (Å²) in [6, 6.07) is 5.31. The lowest BCUT2D eigenvalue weighted by Crippen LogP contribution is -2.54. The van der Waals surface area contributed by atoms with E-state index in [1.54, 1.807) is 19.1 Å². The van der Waals surface area contributed by atoms with E-state index in [0.29, 0.717) is 17.6 Å². The Kier molecular flexibility index (Phi) is 7.40. The molecule has 0 unspecified atom stereocenters. The highest BCUT2D eigenvalue weighted by molar-refractivity contribution is 5.93. The molecule has 3 rings (SSSR count). The van der Waals surface area contributed by atoms with Crippen LogP contribution in [0.3, 0.4) is 0 Å². The van der Waals surface area contributed by atoms with Gasteiger partial charge in [0.25, 0.3) is 0 Å². The van der Waals surface area contributed by atoms with Gasteiger partial charge in [0.1, 0.15) is 36.7 Å². The number of aliphatic hydroxyl groups is 2. The molecule has 1 saturated heterocycles. The summed E-state index contributed by atoms with van der Waals surface area (Å²) in [5.74, 6) is -0.395. The van der Waals surface area contributed by atoms with E-state index in [2.05, 4.69) is 21.5 Å². The number of fused-ring (bicyclic) bond motifs is 1. The molecule has 2 aromatic heterocycles. The number of ether oxygens (including phenoxy) is 2. The first-order chi connectivity index (χ1) is 15.3. The smallest absolute Gasteiger partial charge is 0.305 e. The second-order valence-corrected chi connectivity index (χ2v) is 7.67. The molecule has 172 valence electrons. The van der Waals surface area contributed by atoms with Gasteiger partial charge < -0.3 is 25.0 Å². The Morgan fingerprint density at radius 2 is 2.19 bits per heavy atom. The number of carbonyl (C=O) groups is 2. The van der Waals surface area contributed by atoms with Crippen LogP contribution in [0.25, 0.3) is 5.52 Å². The highest BCUT2D eigenvalue weighted by Gasteiger charge is 2.50. The highest BCUT2D eigenvalue weighted by atomic mass is 16.6. The molecule has 0 aliphatic carbocycles. The monoisotopic (exact) mass is 445 g/mol. The number of anilines is 1. The third-order valence-corrected chi connectivity index (χ3v) is 5.38. The van der Waals surface area contributed by atoms with Crippen molar-refractivity contribution < 1.29 is 29.3 Å². The van der Waals surface area contributed by atoms with Gasteiger partial charge in [-0.1, -0.05) is 20.3 Å². The van der Waals surface area contributed by atoms with E-state index in [1.807, 2.05) is 6.92 Å². The van der Waals surface area contributed by atoms with Crippen molar-refractivity contribution in [3.63, 3.8) is 0 Å². The molecule has 3 heterocycles. The maximum Gasteiger partial charge on any atom is 0.305 e. The number of carbonyl (C=O) groups excluding carboxylic acids is 2. The summed E-state index contributed by atoms with van der Waals surface area (Å²) >= 11 is 0. The molecular formula is C21H27N5O6. The minimum absolute atomic E-state index is 0.141. The predicted molar refractivity (Wildman–Crippen MR) is 111 cm³/mol. The minimum Gasteiger partial charge on any atom is -0.463 e. The van der Waals surface area contributed by atoms with Crippen LogP contribution in [-0.2, 0) is 24.7 Å². The zero-order chi connectivity index (χ0) is 23.3. The Labute approximate surface area is 185 Å². The Morgan fingerprint density at radius 1 is 1.41 bits per heavy atom. The van der Waals surface area contributed by atoms with Gasteiger partial charge in [-0.15, -0.1) is 0 Å². The summed E-state index contributed by atoms with van der Waals surface area (Å²) in [4.78, 5) is 27.8. The molecule has 2 aromatic rings. The lowest BCUT2D eigenvalue weighted by atomic mass is 9.86. The average Bonchev–Trinajstić information content (AvgIpc) is 3.24. The third-order valence-electron chi connectivity index (χ3n) is 5.38. The molecule has 3 N–H and O–H groups in total. The number of aromatic nitrogens is 3. The van der Waals surface area contributed by atoms with Crippen molar-refractivity contribution in [1.29, 1.82) is 5.26 Å². The van der Waals surface area contributed by atoms with E-state index in [-0.39, 0.29) is 31.2 Å². The van der Waals surface area contributed by atoms with Gasteiger partial charge >= 0.3 is 5.97 Å². The van der Waals surface area contributed by atoms with E-state index in [9.17, 15) is 25.1 Å². The number of esters is 1. The number of aliphatic hydroxyl groups excluding tert-OH is 2. The summed E-state index contributed by atoms with van der Waals surface area (Å²) in [5, 5.41) is 37.7. The largest absolute Gasteiger partial charge is 0.463 e. The second-order valence-electron chi connectivity index (χ2n) is 7.67. The Balaban J connectivity index is 1.93. The summed E-state index contributed by atoms with van der Waals surface area (Å²) in [6.45, 7) is 3.30. The fourth-order valence-corrected chi connectivity index (χ4v) is 3.61. The van der Waals surface area contributed by atoms with E-state index < -0.39 is 29.9 Å². The van der Waals surface area contributed by atoms with E-state index >= 15 is 0 Å². The number of nitrogens with one attached hydrogen (secondary N) is 1. The topological polar surface area (TPSA) is 159 Å². The molecule has 0 saturated carbocycles. The number of nitrogens with zero attached hydrogens (tertiary/aromatic N) is 4. The van der Waals surface area contributed by atoms with Crippen LogP contribution in [0.15, 0.2) is 18.5 Å². The molecule has 0 spiro atoms. The Hall–Kier alpha value is -3.07. The van der Waals surface area contributed by atoms with Crippen molar-refractivity contribution >= 4 is 23.2 Å². The summed E-state index contributed by atoms with van der Waals surface area (Å²) in [7, 11) is 0. The molecule has 11 heteroatoms. The number of hydrogen-bond acceptors (Lipinski definition) is 9. The zero-order valence-electron chi connectivity index (χ0n) is 18.0. The summed E-state index contributed by atoms with van der Waals surface area (Å²) in [5.41, 5.74) is -0.939. The Morgan fingerprint density at radius 3 is 2.88 bits per heavy atom. The zero-order valence-corrected chi connectivity index (χ0v) is 18.0. The molecule has 1 aliphatic heterocycles. The predicted octanol–water partition coefficient (Wildman–Crippen LogP) is 1.04. The van der Waals surface area contributed by atoms with Crippen molar-refractivity contribution in [2.45, 2.75) is 69.9 Å². The van der Waals surface area contributed by atoms with Gasteiger partial charge in [0, 0.05) is 19.3 Å². The number of hydrogen-bond donors (Lipinski definition) is 3. The number of nitriles is 1. The minimum atomic E-state index is -1.67. The second kappa shape index (κ2) is 10.0. The van der Waals surface area contributed by atoms with E-state index in [1.165, 1.54) is 10.8 Å². The van der Waals surface area contributed by atoms with Crippen LogP contribution in [0.2, 0.25) is 0 Å². The van der Waals surface area contributed by atoms with Gasteiger partial charge in [-0.25, -0.2) is 9.50 Å². The fourth-order valence-electron chi connectivity index (χ4n) is 3.61. The number of unbranched alkanes of at least 4 members (excludes halogenated alkanes) is 1. The van der Waals surface area contributed by atoms with Crippen molar-refractivity contribution in [3.8, 4) is 6.07 Å².